The first-order valence-electron chi connectivity index (χ1n) is 10.3. The molecule has 0 aliphatic carbocycles. The summed E-state index contributed by atoms with van der Waals surface area (Å²) in [6.45, 7) is 6.55. The van der Waals surface area contributed by atoms with Crippen molar-refractivity contribution in [1.29, 1.82) is 0 Å². The average molecular weight is 399 g/mol. The third-order valence-corrected chi connectivity index (χ3v) is 5.54. The van der Waals surface area contributed by atoms with Crippen LogP contribution in [0.4, 0.5) is 0 Å². The topological polar surface area (TPSA) is 53.5 Å². The van der Waals surface area contributed by atoms with Crippen molar-refractivity contribution in [3.63, 3.8) is 0 Å². The van der Waals surface area contributed by atoms with Crippen LogP contribution in [0.5, 0.6) is 0 Å². The van der Waals surface area contributed by atoms with Crippen molar-refractivity contribution in [2.75, 3.05) is 32.7 Å². The number of benzene rings is 2. The van der Waals surface area contributed by atoms with Crippen LogP contribution < -0.4 is 0 Å². The number of ketones is 1. The van der Waals surface area contributed by atoms with E-state index in [1.54, 1.807) is 12.1 Å². The number of rotatable bonds is 5. The van der Waals surface area contributed by atoms with Crippen LogP contribution in [0.3, 0.4) is 0 Å². The molecular formula is C25H25N3O2. The first-order chi connectivity index (χ1) is 14.6. The fourth-order valence-corrected chi connectivity index (χ4v) is 3.65. The van der Waals surface area contributed by atoms with Gasteiger partial charge in [0.1, 0.15) is 5.69 Å². The van der Waals surface area contributed by atoms with Crippen LogP contribution in [-0.2, 0) is 0 Å². The summed E-state index contributed by atoms with van der Waals surface area (Å²) in [7, 11) is 0. The minimum absolute atomic E-state index is 0.0673. The maximum absolute atomic E-state index is 12.7. The van der Waals surface area contributed by atoms with Gasteiger partial charge < -0.3 is 9.80 Å². The van der Waals surface area contributed by atoms with Crippen LogP contribution in [0.15, 0.2) is 66.7 Å². The summed E-state index contributed by atoms with van der Waals surface area (Å²) in [5, 5.41) is 1.01. The number of nitrogens with zero attached hydrogens (tertiary/aromatic N) is 3. The van der Waals surface area contributed by atoms with Crippen LogP contribution in [0.25, 0.3) is 17.0 Å². The Kier molecular flexibility index (Phi) is 6.00. The molecule has 1 amide bonds. The molecule has 4 rings (SSSR count). The molecule has 3 aromatic rings. The number of amides is 1. The van der Waals surface area contributed by atoms with Crippen LogP contribution >= 0.6 is 0 Å². The van der Waals surface area contributed by atoms with E-state index >= 15 is 0 Å². The van der Waals surface area contributed by atoms with Crippen LogP contribution in [-0.4, -0.2) is 59.2 Å². The number of aromatic nitrogens is 1. The van der Waals surface area contributed by atoms with Gasteiger partial charge in [0.15, 0.2) is 0 Å². The molecule has 0 saturated carbocycles. The Morgan fingerprint density at radius 1 is 0.933 bits per heavy atom. The highest BCUT2D eigenvalue weighted by Crippen LogP contribution is 2.14. The Morgan fingerprint density at radius 3 is 2.40 bits per heavy atom. The third-order valence-electron chi connectivity index (χ3n) is 5.54. The molecule has 0 spiro atoms. The first kappa shape index (κ1) is 20.0. The lowest BCUT2D eigenvalue weighted by Gasteiger charge is -2.34. The predicted molar refractivity (Wildman–Crippen MR) is 120 cm³/mol. The quantitative estimate of drug-likeness (QED) is 0.482. The van der Waals surface area contributed by atoms with Crippen molar-refractivity contribution in [3.8, 4) is 0 Å². The van der Waals surface area contributed by atoms with Gasteiger partial charge in [-0.25, -0.2) is 4.98 Å². The number of likely N-dealkylation sites (N-methyl/N-ethyl adjacent to an activating group) is 1. The molecule has 2 aromatic carbocycles. The predicted octanol–water partition coefficient (Wildman–Crippen LogP) is 3.91. The molecule has 1 saturated heterocycles. The number of piperazine rings is 1. The zero-order valence-electron chi connectivity index (χ0n) is 17.1. The Labute approximate surface area is 176 Å². The minimum Gasteiger partial charge on any atom is -0.336 e. The second-order valence-corrected chi connectivity index (χ2v) is 7.44. The van der Waals surface area contributed by atoms with E-state index < -0.39 is 0 Å². The van der Waals surface area contributed by atoms with Gasteiger partial charge in [-0.05, 0) is 42.4 Å². The van der Waals surface area contributed by atoms with E-state index in [2.05, 4.69) is 16.8 Å². The molecule has 152 valence electrons. The van der Waals surface area contributed by atoms with E-state index in [-0.39, 0.29) is 11.7 Å². The van der Waals surface area contributed by atoms with Crippen LogP contribution in [0.2, 0.25) is 0 Å². The van der Waals surface area contributed by atoms with Crippen molar-refractivity contribution in [2.45, 2.75) is 6.92 Å². The highest BCUT2D eigenvalue weighted by molar-refractivity contribution is 6.06. The van der Waals surface area contributed by atoms with E-state index in [1.807, 2.05) is 59.5 Å². The number of hydrogen-bond acceptors (Lipinski definition) is 4. The van der Waals surface area contributed by atoms with Gasteiger partial charge in [-0.15, -0.1) is 0 Å². The number of carbonyl (C=O) groups excluding carboxylic acids is 2. The SMILES string of the molecule is CCN1CCN(C(=O)c2ccc(C=CC(=O)c3ccc4ccccc4n3)cc2)CC1. The van der Waals surface area contributed by atoms with E-state index in [9.17, 15) is 9.59 Å². The fourth-order valence-electron chi connectivity index (χ4n) is 3.65. The number of para-hydroxylation sites is 1. The van der Waals surface area contributed by atoms with Crippen LogP contribution in [0, 0.1) is 0 Å². The Balaban J connectivity index is 1.40. The largest absolute Gasteiger partial charge is 0.336 e. The Morgan fingerprint density at radius 2 is 1.67 bits per heavy atom. The molecular weight excluding hydrogens is 374 g/mol. The Hall–Kier alpha value is -3.31. The molecule has 1 aromatic heterocycles. The summed E-state index contributed by atoms with van der Waals surface area (Å²) in [4.78, 5) is 33.9. The Bertz CT molecular complexity index is 1080. The van der Waals surface area contributed by atoms with Crippen molar-refractivity contribution in [1.82, 2.24) is 14.8 Å². The zero-order chi connectivity index (χ0) is 20.9. The van der Waals surface area contributed by atoms with Gasteiger partial charge in [-0.2, -0.15) is 0 Å². The lowest BCUT2D eigenvalue weighted by atomic mass is 10.1. The highest BCUT2D eigenvalue weighted by Gasteiger charge is 2.21. The van der Waals surface area contributed by atoms with Gasteiger partial charge in [-0.1, -0.05) is 49.4 Å². The van der Waals surface area contributed by atoms with E-state index in [0.29, 0.717) is 11.3 Å². The summed E-state index contributed by atoms with van der Waals surface area (Å²) in [6.07, 6.45) is 3.28. The molecule has 1 aliphatic rings. The summed E-state index contributed by atoms with van der Waals surface area (Å²) < 4.78 is 0. The molecule has 1 fully saturated rings. The number of fused-ring (bicyclic) bond motifs is 1. The second-order valence-electron chi connectivity index (χ2n) is 7.44. The standard InChI is InChI=1S/C25H25N3O2/c1-2-27-15-17-28(18-16-27)25(30)21-10-7-19(8-11-21)9-14-24(29)23-13-12-20-5-3-4-6-22(20)26-23/h3-14H,2,15-18H2,1H3. The molecule has 0 atom stereocenters. The molecule has 0 N–H and O–H groups in total. The lowest BCUT2D eigenvalue weighted by Crippen LogP contribution is -2.48. The summed E-state index contributed by atoms with van der Waals surface area (Å²) in [5.41, 5.74) is 2.78. The van der Waals surface area contributed by atoms with E-state index in [0.717, 1.165) is 49.2 Å². The molecule has 0 bridgehead atoms. The van der Waals surface area contributed by atoms with Crippen LogP contribution in [0.1, 0.15) is 33.3 Å². The zero-order valence-corrected chi connectivity index (χ0v) is 17.1. The van der Waals surface area contributed by atoms with Crippen molar-refractivity contribution in [2.24, 2.45) is 0 Å². The second kappa shape index (κ2) is 9.01. The molecule has 2 heterocycles. The third kappa shape index (κ3) is 4.47. The van der Waals surface area contributed by atoms with Gasteiger partial charge in [0.05, 0.1) is 5.52 Å². The fraction of sp³-hybridized carbons (Fsp3) is 0.240. The maximum atomic E-state index is 12.7. The highest BCUT2D eigenvalue weighted by atomic mass is 16.2. The monoisotopic (exact) mass is 399 g/mol. The van der Waals surface area contributed by atoms with Gasteiger partial charge in [0.25, 0.3) is 5.91 Å². The molecule has 30 heavy (non-hydrogen) atoms. The lowest BCUT2D eigenvalue weighted by molar-refractivity contribution is 0.0643. The maximum Gasteiger partial charge on any atom is 0.253 e. The smallest absolute Gasteiger partial charge is 0.253 e. The van der Waals surface area contributed by atoms with Crippen molar-refractivity contribution >= 4 is 28.7 Å². The minimum atomic E-state index is -0.144. The van der Waals surface area contributed by atoms with Gasteiger partial charge in [-0.3, -0.25) is 9.59 Å². The number of hydrogen-bond donors (Lipinski definition) is 0. The van der Waals surface area contributed by atoms with Crippen molar-refractivity contribution in [3.05, 3.63) is 83.6 Å². The molecule has 5 heteroatoms. The molecule has 0 radical (unpaired) electrons. The first-order valence-corrected chi connectivity index (χ1v) is 10.3. The number of allylic oxidation sites excluding steroid dienone is 1. The number of carbonyl (C=O) groups is 2. The van der Waals surface area contributed by atoms with E-state index in [1.165, 1.54) is 6.08 Å². The summed E-state index contributed by atoms with van der Waals surface area (Å²) in [6, 6.07) is 18.8. The van der Waals surface area contributed by atoms with Gasteiger partial charge in [0, 0.05) is 37.1 Å². The van der Waals surface area contributed by atoms with Crippen molar-refractivity contribution < 1.29 is 9.59 Å². The normalized spacial score (nSPS) is 15.0. The molecule has 5 nitrogen and oxygen atoms in total. The summed E-state index contributed by atoms with van der Waals surface area (Å²) in [5.74, 6) is -0.0765. The van der Waals surface area contributed by atoms with Gasteiger partial charge >= 0.3 is 0 Å². The number of pyridine rings is 1. The average Bonchev–Trinajstić information content (AvgIpc) is 2.82. The van der Waals surface area contributed by atoms with E-state index in [4.69, 9.17) is 0 Å². The molecule has 1 aliphatic heterocycles. The van der Waals surface area contributed by atoms with Gasteiger partial charge in [0.2, 0.25) is 5.78 Å². The molecule has 0 unspecified atom stereocenters. The summed E-state index contributed by atoms with van der Waals surface area (Å²) >= 11 is 0.